The number of nitrogens with one attached hydrogen (secondary N) is 3. The fraction of sp³-hybridized carbons (Fsp3) is 0.364. The fourth-order valence-electron chi connectivity index (χ4n) is 3.02. The number of anilines is 1. The maximum Gasteiger partial charge on any atom is 0.251 e. The second kappa shape index (κ2) is 9.86. The lowest BCUT2D eigenvalue weighted by atomic mass is 10.0. The summed E-state index contributed by atoms with van der Waals surface area (Å²) in [6.07, 6.45) is 0.325. The number of hydrogen-bond donors (Lipinski definition) is 3. The Balaban J connectivity index is 2.28. The van der Waals surface area contributed by atoms with Gasteiger partial charge in [-0.1, -0.05) is 37.6 Å². The van der Waals surface area contributed by atoms with E-state index in [2.05, 4.69) is 15.4 Å². The summed E-state index contributed by atoms with van der Waals surface area (Å²) in [5, 5.41) is 5.33. The van der Waals surface area contributed by atoms with Crippen LogP contribution in [0, 0.1) is 19.8 Å². The number of aryl methyl sites for hydroxylation is 1. The molecule has 0 aliphatic carbocycles. The molecule has 2 aromatic carbocycles. The molecule has 0 radical (unpaired) electrons. The monoisotopic (exact) mass is 431 g/mol. The third-order valence-corrected chi connectivity index (χ3v) is 6.20. The summed E-state index contributed by atoms with van der Waals surface area (Å²) in [6.45, 7) is 7.43. The first-order valence-electron chi connectivity index (χ1n) is 9.76. The number of amides is 2. The van der Waals surface area contributed by atoms with Gasteiger partial charge in [0.25, 0.3) is 5.91 Å². The second-order valence-electron chi connectivity index (χ2n) is 7.66. The molecule has 0 bridgehead atoms. The van der Waals surface area contributed by atoms with E-state index in [-0.39, 0.29) is 16.7 Å². The van der Waals surface area contributed by atoms with E-state index in [0.29, 0.717) is 23.2 Å². The minimum atomic E-state index is -3.87. The molecule has 2 rings (SSSR count). The molecule has 0 aromatic heterocycles. The maximum atomic E-state index is 13.0. The highest BCUT2D eigenvalue weighted by Gasteiger charge is 2.27. The zero-order valence-corrected chi connectivity index (χ0v) is 18.8. The van der Waals surface area contributed by atoms with Crippen LogP contribution in [0.3, 0.4) is 0 Å². The van der Waals surface area contributed by atoms with E-state index in [9.17, 15) is 18.0 Å². The largest absolute Gasteiger partial charge is 0.355 e. The summed E-state index contributed by atoms with van der Waals surface area (Å²) in [5.74, 6) is -0.654. The molecular weight excluding hydrogens is 402 g/mol. The molecule has 0 fully saturated rings. The van der Waals surface area contributed by atoms with Crippen molar-refractivity contribution in [1.29, 1.82) is 0 Å². The van der Waals surface area contributed by atoms with E-state index in [1.807, 2.05) is 20.8 Å². The molecule has 0 aliphatic heterocycles. The highest BCUT2D eigenvalue weighted by molar-refractivity contribution is 7.89. The van der Waals surface area contributed by atoms with Crippen molar-refractivity contribution >= 4 is 27.5 Å². The van der Waals surface area contributed by atoms with E-state index in [1.165, 1.54) is 19.2 Å². The number of sulfonamides is 1. The van der Waals surface area contributed by atoms with Gasteiger partial charge in [-0.25, -0.2) is 8.42 Å². The highest BCUT2D eigenvalue weighted by Crippen LogP contribution is 2.20. The zero-order valence-electron chi connectivity index (χ0n) is 17.9. The van der Waals surface area contributed by atoms with E-state index in [1.54, 1.807) is 37.3 Å². The van der Waals surface area contributed by atoms with Gasteiger partial charge in [0.2, 0.25) is 15.9 Å². The van der Waals surface area contributed by atoms with Crippen molar-refractivity contribution in [3.8, 4) is 0 Å². The Morgan fingerprint density at radius 1 is 1.00 bits per heavy atom. The molecular formula is C22H29N3O4S. The number of carbonyl (C=O) groups excluding carboxylic acids is 2. The van der Waals surface area contributed by atoms with Gasteiger partial charge < -0.3 is 10.6 Å². The molecule has 1 atom stereocenters. The summed E-state index contributed by atoms with van der Waals surface area (Å²) in [7, 11) is -2.34. The van der Waals surface area contributed by atoms with Gasteiger partial charge in [0, 0.05) is 18.3 Å². The van der Waals surface area contributed by atoms with Gasteiger partial charge in [-0.2, -0.15) is 4.72 Å². The lowest BCUT2D eigenvalue weighted by Crippen LogP contribution is -2.44. The van der Waals surface area contributed by atoms with Gasteiger partial charge in [-0.05, 0) is 56.0 Å². The first-order valence-corrected chi connectivity index (χ1v) is 11.2. The van der Waals surface area contributed by atoms with Gasteiger partial charge in [0.15, 0.2) is 0 Å². The van der Waals surface area contributed by atoms with Crippen LogP contribution >= 0.6 is 0 Å². The van der Waals surface area contributed by atoms with E-state index in [0.717, 1.165) is 5.56 Å². The Labute approximate surface area is 178 Å². The van der Waals surface area contributed by atoms with Crippen LogP contribution in [0.4, 0.5) is 5.69 Å². The zero-order chi connectivity index (χ0) is 22.5. The van der Waals surface area contributed by atoms with Crippen LogP contribution in [0.2, 0.25) is 0 Å². The molecule has 7 nitrogen and oxygen atoms in total. The highest BCUT2D eigenvalue weighted by atomic mass is 32.2. The minimum absolute atomic E-state index is 0.0831. The van der Waals surface area contributed by atoms with Crippen molar-refractivity contribution in [2.24, 2.45) is 5.92 Å². The number of benzene rings is 2. The fourth-order valence-corrected chi connectivity index (χ4v) is 4.23. The van der Waals surface area contributed by atoms with Crippen molar-refractivity contribution in [2.45, 2.75) is 45.1 Å². The van der Waals surface area contributed by atoms with Crippen molar-refractivity contribution < 1.29 is 18.0 Å². The topological polar surface area (TPSA) is 104 Å². The van der Waals surface area contributed by atoms with Gasteiger partial charge in [-0.15, -0.1) is 0 Å². The van der Waals surface area contributed by atoms with Gasteiger partial charge in [-0.3, -0.25) is 9.59 Å². The number of carbonyl (C=O) groups is 2. The Hall–Kier alpha value is -2.71. The number of rotatable bonds is 8. The molecule has 0 aliphatic rings. The second-order valence-corrected chi connectivity index (χ2v) is 9.38. The molecule has 1 unspecified atom stereocenters. The molecule has 3 N–H and O–H groups in total. The number of hydrogen-bond acceptors (Lipinski definition) is 4. The summed E-state index contributed by atoms with van der Waals surface area (Å²) in [6, 6.07) is 10.5. The van der Waals surface area contributed by atoms with Crippen LogP contribution in [-0.4, -0.2) is 33.3 Å². The molecule has 30 heavy (non-hydrogen) atoms. The Kier molecular flexibility index (Phi) is 7.75. The van der Waals surface area contributed by atoms with Gasteiger partial charge >= 0.3 is 0 Å². The smallest absolute Gasteiger partial charge is 0.251 e. The van der Waals surface area contributed by atoms with Crippen LogP contribution in [0.1, 0.15) is 41.8 Å². The summed E-state index contributed by atoms with van der Waals surface area (Å²) in [4.78, 5) is 25.1. The molecule has 2 aromatic rings. The van der Waals surface area contributed by atoms with Crippen LogP contribution in [0.15, 0.2) is 47.4 Å². The molecule has 0 saturated carbocycles. The molecule has 0 heterocycles. The predicted molar refractivity (Wildman–Crippen MR) is 118 cm³/mol. The SMILES string of the molecule is CNC(=O)c1cccc(NC(=O)C(CC(C)C)NS(=O)(=O)c2ccc(C)cc2)c1C. The summed E-state index contributed by atoms with van der Waals surface area (Å²) < 4.78 is 28.1. The maximum absolute atomic E-state index is 13.0. The van der Waals surface area contributed by atoms with E-state index >= 15 is 0 Å². The third kappa shape index (κ3) is 5.90. The quantitative estimate of drug-likeness (QED) is 0.598. The minimum Gasteiger partial charge on any atom is -0.355 e. The Bertz CT molecular complexity index is 1020. The normalized spacial score (nSPS) is 12.5. The predicted octanol–water partition coefficient (Wildman–Crippen LogP) is 2.99. The average Bonchev–Trinajstić information content (AvgIpc) is 2.68. The van der Waals surface area contributed by atoms with Crippen molar-refractivity contribution in [1.82, 2.24) is 10.0 Å². The lowest BCUT2D eigenvalue weighted by molar-refractivity contribution is -0.118. The van der Waals surface area contributed by atoms with Crippen LogP contribution < -0.4 is 15.4 Å². The van der Waals surface area contributed by atoms with Gasteiger partial charge in [0.1, 0.15) is 6.04 Å². The summed E-state index contributed by atoms with van der Waals surface area (Å²) in [5.41, 5.74) is 2.45. The Morgan fingerprint density at radius 2 is 1.63 bits per heavy atom. The van der Waals surface area contributed by atoms with Crippen molar-refractivity contribution in [3.63, 3.8) is 0 Å². The average molecular weight is 432 g/mol. The van der Waals surface area contributed by atoms with Gasteiger partial charge in [0.05, 0.1) is 4.90 Å². The third-order valence-electron chi connectivity index (χ3n) is 4.72. The molecule has 0 saturated heterocycles. The first-order chi connectivity index (χ1) is 14.0. The summed E-state index contributed by atoms with van der Waals surface area (Å²) >= 11 is 0. The van der Waals surface area contributed by atoms with Crippen LogP contribution in [0.5, 0.6) is 0 Å². The molecule has 2 amide bonds. The van der Waals surface area contributed by atoms with Crippen molar-refractivity contribution in [2.75, 3.05) is 12.4 Å². The van der Waals surface area contributed by atoms with E-state index in [4.69, 9.17) is 0 Å². The van der Waals surface area contributed by atoms with E-state index < -0.39 is 22.0 Å². The molecule has 8 heteroatoms. The first kappa shape index (κ1) is 23.6. The Morgan fingerprint density at radius 3 is 2.20 bits per heavy atom. The standard InChI is InChI=1S/C22H29N3O4S/c1-14(2)13-20(25-30(28,29)17-11-9-15(3)10-12-17)22(27)24-19-8-6-7-18(16(19)4)21(26)23-5/h6-12,14,20,25H,13H2,1-5H3,(H,23,26)(H,24,27). The van der Waals surface area contributed by atoms with Crippen molar-refractivity contribution in [3.05, 3.63) is 59.2 Å². The molecule has 0 spiro atoms. The lowest BCUT2D eigenvalue weighted by Gasteiger charge is -2.21. The van der Waals surface area contributed by atoms with Crippen LogP contribution in [0.25, 0.3) is 0 Å². The molecule has 162 valence electrons. The van der Waals surface area contributed by atoms with Crippen LogP contribution in [-0.2, 0) is 14.8 Å².